The van der Waals surface area contributed by atoms with Gasteiger partial charge in [0.05, 0.1) is 25.8 Å². The molecule has 0 aliphatic heterocycles. The fourth-order valence-electron chi connectivity index (χ4n) is 2.15. The molecular formula is C17H19ClN2O5S. The first kappa shape index (κ1) is 20.0. The van der Waals surface area contributed by atoms with E-state index in [9.17, 15) is 13.2 Å². The van der Waals surface area contributed by atoms with E-state index in [1.807, 2.05) is 0 Å². The molecule has 0 fully saturated rings. The van der Waals surface area contributed by atoms with Crippen LogP contribution in [0.2, 0.25) is 5.02 Å². The first-order valence-corrected chi connectivity index (χ1v) is 9.45. The quantitative estimate of drug-likeness (QED) is 0.708. The molecule has 0 heterocycles. The molecule has 0 aliphatic carbocycles. The van der Waals surface area contributed by atoms with Gasteiger partial charge in [-0.2, -0.15) is 0 Å². The minimum absolute atomic E-state index is 0.0747. The third kappa shape index (κ3) is 5.10. The monoisotopic (exact) mass is 398 g/mol. The number of carbonyl (C=O) groups excluding carboxylic acids is 1. The molecule has 2 N–H and O–H groups in total. The minimum atomic E-state index is -3.87. The predicted molar refractivity (Wildman–Crippen MR) is 98.0 cm³/mol. The van der Waals surface area contributed by atoms with Crippen LogP contribution in [0.1, 0.15) is 5.56 Å². The van der Waals surface area contributed by atoms with Gasteiger partial charge in [-0.3, -0.25) is 4.79 Å². The molecule has 9 heteroatoms. The Balaban J connectivity index is 1.92. The maximum Gasteiger partial charge on any atom is 0.242 e. The maximum atomic E-state index is 12.2. The van der Waals surface area contributed by atoms with Crippen LogP contribution in [0.25, 0.3) is 0 Å². The molecule has 0 atom stereocenters. The van der Waals surface area contributed by atoms with E-state index in [1.165, 1.54) is 26.4 Å². The van der Waals surface area contributed by atoms with E-state index in [0.29, 0.717) is 11.5 Å². The van der Waals surface area contributed by atoms with Gasteiger partial charge in [0.1, 0.15) is 4.90 Å². The second kappa shape index (κ2) is 8.88. The molecule has 2 rings (SSSR count). The van der Waals surface area contributed by atoms with Crippen LogP contribution >= 0.6 is 11.6 Å². The number of sulfonamides is 1. The number of ether oxygens (including phenoxy) is 2. The third-order valence-electron chi connectivity index (χ3n) is 3.49. The summed E-state index contributed by atoms with van der Waals surface area (Å²) in [6.07, 6.45) is 0. The number of rotatable bonds is 8. The maximum absolute atomic E-state index is 12.2. The highest BCUT2D eigenvalue weighted by Crippen LogP contribution is 2.27. The van der Waals surface area contributed by atoms with Crippen LogP contribution in [-0.2, 0) is 21.4 Å². The highest BCUT2D eigenvalue weighted by Gasteiger charge is 2.18. The summed E-state index contributed by atoms with van der Waals surface area (Å²) in [5.41, 5.74) is 0.782. The van der Waals surface area contributed by atoms with Crippen LogP contribution in [-0.4, -0.2) is 35.1 Å². The average molecular weight is 399 g/mol. The summed E-state index contributed by atoms with van der Waals surface area (Å²) in [7, 11) is -0.818. The van der Waals surface area contributed by atoms with E-state index < -0.39 is 22.5 Å². The van der Waals surface area contributed by atoms with Gasteiger partial charge in [-0.05, 0) is 29.8 Å². The lowest BCUT2D eigenvalue weighted by Crippen LogP contribution is -2.36. The molecule has 0 saturated heterocycles. The molecule has 0 aromatic heterocycles. The number of benzene rings is 2. The lowest BCUT2D eigenvalue weighted by molar-refractivity contribution is -0.120. The number of carbonyl (C=O) groups is 1. The molecule has 0 saturated carbocycles. The predicted octanol–water partition coefficient (Wildman–Crippen LogP) is 1.95. The van der Waals surface area contributed by atoms with Gasteiger partial charge in [-0.1, -0.05) is 29.8 Å². The number of methoxy groups -OCH3 is 2. The molecule has 2 aromatic carbocycles. The van der Waals surface area contributed by atoms with Gasteiger partial charge in [-0.15, -0.1) is 0 Å². The molecule has 2 aromatic rings. The standard InChI is InChI=1S/C17H19ClN2O5S/c1-24-14-8-7-12(9-15(14)25-2)10-19-17(21)11-20-26(22,23)16-6-4-3-5-13(16)18/h3-9,20H,10-11H2,1-2H3,(H,19,21). The first-order chi connectivity index (χ1) is 12.4. The summed E-state index contributed by atoms with van der Waals surface area (Å²) in [5, 5.41) is 2.72. The fourth-order valence-corrected chi connectivity index (χ4v) is 3.65. The molecule has 0 aliphatic rings. The summed E-state index contributed by atoms with van der Waals surface area (Å²) < 4.78 is 36.9. The lowest BCUT2D eigenvalue weighted by Gasteiger charge is -2.11. The summed E-state index contributed by atoms with van der Waals surface area (Å²) in [5.74, 6) is 0.643. The van der Waals surface area contributed by atoms with Crippen molar-refractivity contribution in [2.75, 3.05) is 20.8 Å². The van der Waals surface area contributed by atoms with Gasteiger partial charge in [0.15, 0.2) is 11.5 Å². The van der Waals surface area contributed by atoms with E-state index in [2.05, 4.69) is 10.0 Å². The van der Waals surface area contributed by atoms with E-state index in [-0.39, 0.29) is 16.5 Å². The number of amides is 1. The summed E-state index contributed by atoms with van der Waals surface area (Å²) in [6, 6.07) is 11.2. The van der Waals surface area contributed by atoms with Crippen molar-refractivity contribution in [3.63, 3.8) is 0 Å². The van der Waals surface area contributed by atoms with Crippen LogP contribution in [0.4, 0.5) is 0 Å². The van der Waals surface area contributed by atoms with Gasteiger partial charge < -0.3 is 14.8 Å². The van der Waals surface area contributed by atoms with Crippen LogP contribution in [0.5, 0.6) is 11.5 Å². The van der Waals surface area contributed by atoms with Crippen molar-refractivity contribution in [2.45, 2.75) is 11.4 Å². The minimum Gasteiger partial charge on any atom is -0.493 e. The summed E-state index contributed by atoms with van der Waals surface area (Å²) in [4.78, 5) is 11.9. The third-order valence-corrected chi connectivity index (χ3v) is 5.39. The van der Waals surface area contributed by atoms with Crippen molar-refractivity contribution < 1.29 is 22.7 Å². The van der Waals surface area contributed by atoms with Gasteiger partial charge in [-0.25, -0.2) is 13.1 Å². The SMILES string of the molecule is COc1ccc(CNC(=O)CNS(=O)(=O)c2ccccc2Cl)cc1OC. The Labute approximate surface area is 157 Å². The number of nitrogens with one attached hydrogen (secondary N) is 2. The average Bonchev–Trinajstić information content (AvgIpc) is 2.64. The van der Waals surface area contributed by atoms with Crippen molar-refractivity contribution in [3.8, 4) is 11.5 Å². The second-order valence-electron chi connectivity index (χ2n) is 5.22. The molecule has 0 unspecified atom stereocenters. The highest BCUT2D eigenvalue weighted by molar-refractivity contribution is 7.89. The molecule has 140 valence electrons. The molecule has 1 amide bonds. The summed E-state index contributed by atoms with van der Waals surface area (Å²) >= 11 is 5.88. The highest BCUT2D eigenvalue weighted by atomic mass is 35.5. The Hall–Kier alpha value is -2.29. The van der Waals surface area contributed by atoms with Gasteiger partial charge in [0, 0.05) is 6.54 Å². The molecule has 0 radical (unpaired) electrons. The molecule has 0 bridgehead atoms. The van der Waals surface area contributed by atoms with E-state index in [1.54, 1.807) is 30.3 Å². The number of halogens is 1. The second-order valence-corrected chi connectivity index (χ2v) is 7.36. The zero-order valence-electron chi connectivity index (χ0n) is 14.3. The Kier molecular flexibility index (Phi) is 6.84. The van der Waals surface area contributed by atoms with Gasteiger partial charge in [0.25, 0.3) is 0 Å². The van der Waals surface area contributed by atoms with Crippen LogP contribution in [0.15, 0.2) is 47.4 Å². The number of hydrogen-bond acceptors (Lipinski definition) is 5. The Morgan fingerprint density at radius 2 is 1.77 bits per heavy atom. The molecule has 7 nitrogen and oxygen atoms in total. The zero-order chi connectivity index (χ0) is 19.2. The normalized spacial score (nSPS) is 11.0. The van der Waals surface area contributed by atoms with Crippen molar-refractivity contribution in [1.82, 2.24) is 10.0 Å². The van der Waals surface area contributed by atoms with E-state index in [0.717, 1.165) is 5.56 Å². The van der Waals surface area contributed by atoms with E-state index >= 15 is 0 Å². The molecular weight excluding hydrogens is 380 g/mol. The molecule has 26 heavy (non-hydrogen) atoms. The largest absolute Gasteiger partial charge is 0.493 e. The molecule has 0 spiro atoms. The Bertz CT molecular complexity index is 886. The van der Waals surface area contributed by atoms with Crippen molar-refractivity contribution in [2.24, 2.45) is 0 Å². The zero-order valence-corrected chi connectivity index (χ0v) is 15.9. The smallest absolute Gasteiger partial charge is 0.242 e. The van der Waals surface area contributed by atoms with E-state index in [4.69, 9.17) is 21.1 Å². The van der Waals surface area contributed by atoms with Crippen molar-refractivity contribution >= 4 is 27.5 Å². The lowest BCUT2D eigenvalue weighted by atomic mass is 10.2. The Morgan fingerprint density at radius 3 is 2.42 bits per heavy atom. The number of hydrogen-bond donors (Lipinski definition) is 2. The topological polar surface area (TPSA) is 93.7 Å². The fraction of sp³-hybridized carbons (Fsp3) is 0.235. The van der Waals surface area contributed by atoms with Gasteiger partial charge >= 0.3 is 0 Å². The van der Waals surface area contributed by atoms with Crippen LogP contribution < -0.4 is 19.5 Å². The van der Waals surface area contributed by atoms with Crippen LogP contribution in [0, 0.1) is 0 Å². The van der Waals surface area contributed by atoms with Crippen molar-refractivity contribution in [3.05, 3.63) is 53.1 Å². The van der Waals surface area contributed by atoms with Crippen molar-refractivity contribution in [1.29, 1.82) is 0 Å². The Morgan fingerprint density at radius 1 is 1.08 bits per heavy atom. The van der Waals surface area contributed by atoms with Gasteiger partial charge in [0.2, 0.25) is 15.9 Å². The summed E-state index contributed by atoms with van der Waals surface area (Å²) in [6.45, 7) is -0.187. The van der Waals surface area contributed by atoms with Crippen LogP contribution in [0.3, 0.4) is 0 Å². The first-order valence-electron chi connectivity index (χ1n) is 7.59.